The van der Waals surface area contributed by atoms with Crippen LogP contribution in [0.3, 0.4) is 0 Å². The van der Waals surface area contributed by atoms with Gasteiger partial charge in [-0.1, -0.05) is 12.1 Å². The first-order valence-electron chi connectivity index (χ1n) is 6.71. The standard InChI is InChI=1S/C16H17NO3/c1-11-2-4-13(17-10-11)9-14(18)12-3-5-15-16(8-12)20-7-6-19-15/h2-5,8,10,14,18H,6-7,9H2,1H3. The fraction of sp³-hybridized carbons (Fsp3) is 0.312. The number of ether oxygens (including phenoxy) is 2. The number of benzene rings is 1. The van der Waals surface area contributed by atoms with E-state index in [1.807, 2.05) is 43.5 Å². The topological polar surface area (TPSA) is 51.6 Å². The first-order chi connectivity index (χ1) is 9.72. The van der Waals surface area contributed by atoms with Crippen molar-refractivity contribution in [3.8, 4) is 11.5 Å². The molecular weight excluding hydrogens is 254 g/mol. The van der Waals surface area contributed by atoms with Gasteiger partial charge in [-0.05, 0) is 36.2 Å². The van der Waals surface area contributed by atoms with E-state index in [2.05, 4.69) is 4.98 Å². The number of pyridine rings is 1. The van der Waals surface area contributed by atoms with Gasteiger partial charge >= 0.3 is 0 Å². The maximum absolute atomic E-state index is 10.3. The molecule has 1 aromatic heterocycles. The van der Waals surface area contributed by atoms with Crippen LogP contribution in [0, 0.1) is 6.92 Å². The first kappa shape index (κ1) is 12.9. The Morgan fingerprint density at radius 2 is 1.95 bits per heavy atom. The van der Waals surface area contributed by atoms with Crippen molar-refractivity contribution in [2.24, 2.45) is 0 Å². The molecule has 4 nitrogen and oxygen atoms in total. The van der Waals surface area contributed by atoms with Gasteiger partial charge in [-0.2, -0.15) is 0 Å². The lowest BCUT2D eigenvalue weighted by Crippen LogP contribution is -2.15. The molecule has 0 saturated carbocycles. The smallest absolute Gasteiger partial charge is 0.161 e. The summed E-state index contributed by atoms with van der Waals surface area (Å²) < 4.78 is 11.0. The molecule has 104 valence electrons. The van der Waals surface area contributed by atoms with Crippen molar-refractivity contribution in [1.29, 1.82) is 0 Å². The van der Waals surface area contributed by atoms with Crippen molar-refractivity contribution in [3.63, 3.8) is 0 Å². The zero-order chi connectivity index (χ0) is 13.9. The van der Waals surface area contributed by atoms with Gasteiger partial charge in [0.05, 0.1) is 6.10 Å². The lowest BCUT2D eigenvalue weighted by atomic mass is 10.0. The number of nitrogens with zero attached hydrogens (tertiary/aromatic N) is 1. The fourth-order valence-corrected chi connectivity index (χ4v) is 2.20. The van der Waals surface area contributed by atoms with E-state index in [0.717, 1.165) is 22.6 Å². The molecule has 0 bridgehead atoms. The molecule has 0 radical (unpaired) electrons. The Morgan fingerprint density at radius 1 is 1.15 bits per heavy atom. The van der Waals surface area contributed by atoms with Crippen LogP contribution >= 0.6 is 0 Å². The Bertz CT molecular complexity index is 595. The Kier molecular flexibility index (Phi) is 3.56. The molecule has 0 fully saturated rings. The average Bonchev–Trinajstić information content (AvgIpc) is 2.49. The van der Waals surface area contributed by atoms with Crippen LogP contribution in [0.2, 0.25) is 0 Å². The summed E-state index contributed by atoms with van der Waals surface area (Å²) in [6, 6.07) is 9.49. The van der Waals surface area contributed by atoms with E-state index in [9.17, 15) is 5.11 Å². The van der Waals surface area contributed by atoms with E-state index in [1.54, 1.807) is 0 Å². The van der Waals surface area contributed by atoms with E-state index in [1.165, 1.54) is 0 Å². The second-order valence-corrected chi connectivity index (χ2v) is 4.95. The normalized spacial score (nSPS) is 14.9. The summed E-state index contributed by atoms with van der Waals surface area (Å²) in [6.45, 7) is 3.11. The molecule has 1 unspecified atom stereocenters. The van der Waals surface area contributed by atoms with Crippen LogP contribution in [0.25, 0.3) is 0 Å². The van der Waals surface area contributed by atoms with E-state index in [-0.39, 0.29) is 0 Å². The number of rotatable bonds is 3. The first-order valence-corrected chi connectivity index (χ1v) is 6.71. The van der Waals surface area contributed by atoms with Crippen molar-refractivity contribution in [2.45, 2.75) is 19.4 Å². The maximum Gasteiger partial charge on any atom is 0.161 e. The number of aryl methyl sites for hydroxylation is 1. The summed E-state index contributed by atoms with van der Waals surface area (Å²) in [6.07, 6.45) is 1.70. The van der Waals surface area contributed by atoms with Crippen LogP contribution in [0.1, 0.15) is 22.9 Å². The van der Waals surface area contributed by atoms with Crippen molar-refractivity contribution in [1.82, 2.24) is 4.98 Å². The zero-order valence-electron chi connectivity index (χ0n) is 11.4. The molecule has 0 spiro atoms. The number of fused-ring (bicyclic) bond motifs is 1. The third kappa shape index (κ3) is 2.75. The van der Waals surface area contributed by atoms with Crippen LogP contribution in [0.15, 0.2) is 36.5 Å². The molecule has 1 aromatic carbocycles. The van der Waals surface area contributed by atoms with Crippen LogP contribution in [-0.2, 0) is 6.42 Å². The SMILES string of the molecule is Cc1ccc(CC(O)c2ccc3c(c2)OCCO3)nc1. The van der Waals surface area contributed by atoms with Crippen LogP contribution in [-0.4, -0.2) is 23.3 Å². The number of aliphatic hydroxyl groups excluding tert-OH is 1. The molecule has 0 saturated heterocycles. The highest BCUT2D eigenvalue weighted by Gasteiger charge is 2.16. The quantitative estimate of drug-likeness (QED) is 0.931. The number of hydrogen-bond donors (Lipinski definition) is 1. The lowest BCUT2D eigenvalue weighted by Gasteiger charge is -2.20. The Hall–Kier alpha value is -2.07. The van der Waals surface area contributed by atoms with Crippen molar-refractivity contribution in [2.75, 3.05) is 13.2 Å². The van der Waals surface area contributed by atoms with Crippen molar-refractivity contribution >= 4 is 0 Å². The summed E-state index contributed by atoms with van der Waals surface area (Å²) in [5.41, 5.74) is 2.80. The van der Waals surface area contributed by atoms with Gasteiger partial charge in [0.2, 0.25) is 0 Å². The van der Waals surface area contributed by atoms with Gasteiger partial charge in [0.1, 0.15) is 13.2 Å². The van der Waals surface area contributed by atoms with E-state index < -0.39 is 6.10 Å². The second kappa shape index (κ2) is 5.51. The maximum atomic E-state index is 10.3. The number of aliphatic hydroxyl groups is 1. The predicted molar refractivity (Wildman–Crippen MR) is 75.1 cm³/mol. The lowest BCUT2D eigenvalue weighted by molar-refractivity contribution is 0.164. The molecule has 1 aliphatic rings. The zero-order valence-corrected chi connectivity index (χ0v) is 11.4. The van der Waals surface area contributed by atoms with Crippen molar-refractivity contribution in [3.05, 3.63) is 53.3 Å². The summed E-state index contributed by atoms with van der Waals surface area (Å²) in [4.78, 5) is 4.32. The van der Waals surface area contributed by atoms with Gasteiger partial charge in [0.15, 0.2) is 11.5 Å². The number of hydrogen-bond acceptors (Lipinski definition) is 4. The Balaban J connectivity index is 1.76. The van der Waals surface area contributed by atoms with Crippen molar-refractivity contribution < 1.29 is 14.6 Å². The largest absolute Gasteiger partial charge is 0.486 e. The van der Waals surface area contributed by atoms with Gasteiger partial charge in [0.25, 0.3) is 0 Å². The number of aromatic nitrogens is 1. The van der Waals surface area contributed by atoms with Gasteiger partial charge in [-0.25, -0.2) is 0 Å². The van der Waals surface area contributed by atoms with E-state index in [0.29, 0.717) is 25.4 Å². The van der Waals surface area contributed by atoms with Gasteiger partial charge < -0.3 is 14.6 Å². The molecular formula is C16H17NO3. The molecule has 1 aliphatic heterocycles. The monoisotopic (exact) mass is 271 g/mol. The van der Waals surface area contributed by atoms with E-state index in [4.69, 9.17) is 9.47 Å². The molecule has 0 amide bonds. The van der Waals surface area contributed by atoms with Gasteiger partial charge in [-0.15, -0.1) is 0 Å². The summed E-state index contributed by atoms with van der Waals surface area (Å²) in [5.74, 6) is 1.44. The second-order valence-electron chi connectivity index (χ2n) is 4.95. The average molecular weight is 271 g/mol. The highest BCUT2D eigenvalue weighted by atomic mass is 16.6. The van der Waals surface area contributed by atoms with Crippen LogP contribution in [0.4, 0.5) is 0 Å². The minimum absolute atomic E-state index is 0.486. The Morgan fingerprint density at radius 3 is 2.70 bits per heavy atom. The summed E-state index contributed by atoms with van der Waals surface area (Å²) >= 11 is 0. The molecule has 2 heterocycles. The molecule has 4 heteroatoms. The Labute approximate surface area is 118 Å². The molecule has 3 rings (SSSR count). The molecule has 0 aliphatic carbocycles. The van der Waals surface area contributed by atoms with Gasteiger partial charge in [-0.3, -0.25) is 4.98 Å². The molecule has 2 aromatic rings. The minimum atomic E-state index is -0.596. The summed E-state index contributed by atoms with van der Waals surface area (Å²) in [5, 5.41) is 10.3. The summed E-state index contributed by atoms with van der Waals surface area (Å²) in [7, 11) is 0. The fourth-order valence-electron chi connectivity index (χ4n) is 2.20. The van der Waals surface area contributed by atoms with Crippen LogP contribution < -0.4 is 9.47 Å². The minimum Gasteiger partial charge on any atom is -0.486 e. The third-order valence-electron chi connectivity index (χ3n) is 3.33. The van der Waals surface area contributed by atoms with E-state index >= 15 is 0 Å². The molecule has 1 atom stereocenters. The highest BCUT2D eigenvalue weighted by Crippen LogP contribution is 2.33. The van der Waals surface area contributed by atoms with Crippen LogP contribution in [0.5, 0.6) is 11.5 Å². The molecule has 1 N–H and O–H groups in total. The third-order valence-corrected chi connectivity index (χ3v) is 3.33. The van der Waals surface area contributed by atoms with Gasteiger partial charge in [0, 0.05) is 18.3 Å². The predicted octanol–water partition coefficient (Wildman–Crippen LogP) is 2.44. The molecule has 20 heavy (non-hydrogen) atoms. The highest BCUT2D eigenvalue weighted by molar-refractivity contribution is 5.44.